The molecule has 2 aromatic carbocycles. The summed E-state index contributed by atoms with van der Waals surface area (Å²) in [5, 5.41) is 4.87. The molecular formula is C19H17Cl2NO. The Labute approximate surface area is 146 Å². The van der Waals surface area contributed by atoms with E-state index < -0.39 is 0 Å². The maximum atomic E-state index is 6.01. The van der Waals surface area contributed by atoms with Crippen LogP contribution in [0.3, 0.4) is 0 Å². The van der Waals surface area contributed by atoms with E-state index in [2.05, 4.69) is 5.32 Å². The molecule has 0 fully saturated rings. The van der Waals surface area contributed by atoms with Gasteiger partial charge in [0, 0.05) is 15.6 Å². The fourth-order valence-corrected chi connectivity index (χ4v) is 2.68. The van der Waals surface area contributed by atoms with E-state index in [9.17, 15) is 0 Å². The highest BCUT2D eigenvalue weighted by Gasteiger charge is 2.05. The second kappa shape index (κ2) is 7.69. The van der Waals surface area contributed by atoms with Gasteiger partial charge in [-0.05, 0) is 54.9 Å². The van der Waals surface area contributed by atoms with E-state index in [0.29, 0.717) is 11.6 Å². The average Bonchev–Trinajstić information content (AvgIpc) is 3.02. The first-order chi connectivity index (χ1) is 11.2. The lowest BCUT2D eigenvalue weighted by atomic mass is 10.1. The van der Waals surface area contributed by atoms with Crippen molar-refractivity contribution >= 4 is 23.2 Å². The zero-order chi connectivity index (χ0) is 16.1. The van der Waals surface area contributed by atoms with Crippen LogP contribution < -0.4 is 5.32 Å². The molecule has 0 amide bonds. The number of nitrogens with one attached hydrogen (secondary N) is 1. The van der Waals surface area contributed by atoms with E-state index in [1.807, 2.05) is 60.7 Å². The largest absolute Gasteiger partial charge is 0.460 e. The van der Waals surface area contributed by atoms with Crippen molar-refractivity contribution in [1.29, 1.82) is 0 Å². The van der Waals surface area contributed by atoms with Crippen molar-refractivity contribution in [2.24, 2.45) is 0 Å². The third-order valence-electron chi connectivity index (χ3n) is 3.57. The average molecular weight is 346 g/mol. The second-order valence-electron chi connectivity index (χ2n) is 5.33. The Morgan fingerprint density at radius 2 is 1.70 bits per heavy atom. The number of halogens is 2. The van der Waals surface area contributed by atoms with Crippen LogP contribution >= 0.6 is 23.2 Å². The monoisotopic (exact) mass is 345 g/mol. The molecule has 3 rings (SSSR count). The van der Waals surface area contributed by atoms with Gasteiger partial charge in [0.1, 0.15) is 11.5 Å². The molecular weight excluding hydrogens is 329 g/mol. The van der Waals surface area contributed by atoms with Gasteiger partial charge in [-0.2, -0.15) is 0 Å². The van der Waals surface area contributed by atoms with Crippen LogP contribution in [0.2, 0.25) is 10.0 Å². The molecule has 3 aromatic rings. The van der Waals surface area contributed by atoms with Crippen LogP contribution in [-0.2, 0) is 13.0 Å². The van der Waals surface area contributed by atoms with Crippen LogP contribution in [0.25, 0.3) is 11.3 Å². The molecule has 118 valence electrons. The summed E-state index contributed by atoms with van der Waals surface area (Å²) in [7, 11) is 0. The lowest BCUT2D eigenvalue weighted by molar-refractivity contribution is 0.495. The standard InChI is InChI=1S/C19H17Cl2NO/c20-16-6-4-14(5-7-16)10-11-22-13-18-8-9-19(23-18)15-2-1-3-17(21)12-15/h1-9,12,22H,10-11,13H2. The summed E-state index contributed by atoms with van der Waals surface area (Å²) in [6.45, 7) is 1.59. The van der Waals surface area contributed by atoms with Gasteiger partial charge in [-0.25, -0.2) is 0 Å². The van der Waals surface area contributed by atoms with Crippen molar-refractivity contribution in [2.45, 2.75) is 13.0 Å². The number of rotatable bonds is 6. The van der Waals surface area contributed by atoms with Gasteiger partial charge >= 0.3 is 0 Å². The lowest BCUT2D eigenvalue weighted by Gasteiger charge is -2.04. The van der Waals surface area contributed by atoms with Gasteiger partial charge in [0.25, 0.3) is 0 Å². The van der Waals surface area contributed by atoms with Crippen LogP contribution in [-0.4, -0.2) is 6.54 Å². The lowest BCUT2D eigenvalue weighted by Crippen LogP contribution is -2.16. The van der Waals surface area contributed by atoms with Crippen LogP contribution in [0.1, 0.15) is 11.3 Å². The van der Waals surface area contributed by atoms with E-state index in [4.69, 9.17) is 27.6 Å². The molecule has 0 aliphatic heterocycles. The first-order valence-electron chi connectivity index (χ1n) is 7.50. The fourth-order valence-electron chi connectivity index (χ4n) is 2.37. The van der Waals surface area contributed by atoms with Gasteiger partial charge in [-0.1, -0.05) is 47.5 Å². The molecule has 0 spiro atoms. The predicted molar refractivity (Wildman–Crippen MR) is 96.0 cm³/mol. The molecule has 0 aliphatic carbocycles. The van der Waals surface area contributed by atoms with Crippen molar-refractivity contribution in [2.75, 3.05) is 6.54 Å². The van der Waals surface area contributed by atoms with E-state index >= 15 is 0 Å². The molecule has 0 saturated carbocycles. The minimum atomic E-state index is 0.703. The first kappa shape index (κ1) is 16.1. The molecule has 1 N–H and O–H groups in total. The Kier molecular flexibility index (Phi) is 5.39. The molecule has 0 aliphatic rings. The smallest absolute Gasteiger partial charge is 0.134 e. The summed E-state index contributed by atoms with van der Waals surface area (Å²) in [4.78, 5) is 0. The van der Waals surface area contributed by atoms with Crippen molar-refractivity contribution in [3.63, 3.8) is 0 Å². The van der Waals surface area contributed by atoms with Crippen LogP contribution in [0.5, 0.6) is 0 Å². The van der Waals surface area contributed by atoms with Crippen molar-refractivity contribution in [3.8, 4) is 11.3 Å². The van der Waals surface area contributed by atoms with E-state index in [1.165, 1.54) is 5.56 Å². The molecule has 0 bridgehead atoms. The number of hydrogen-bond acceptors (Lipinski definition) is 2. The maximum Gasteiger partial charge on any atom is 0.134 e. The molecule has 1 aromatic heterocycles. The van der Waals surface area contributed by atoms with Gasteiger partial charge in [0.2, 0.25) is 0 Å². The highest BCUT2D eigenvalue weighted by atomic mass is 35.5. The summed E-state index contributed by atoms with van der Waals surface area (Å²) in [6.07, 6.45) is 0.957. The third kappa shape index (κ3) is 4.61. The van der Waals surface area contributed by atoms with E-state index in [0.717, 1.165) is 35.1 Å². The summed E-state index contributed by atoms with van der Waals surface area (Å²) < 4.78 is 5.85. The fraction of sp³-hybridized carbons (Fsp3) is 0.158. The van der Waals surface area contributed by atoms with Crippen molar-refractivity contribution < 1.29 is 4.42 Å². The molecule has 23 heavy (non-hydrogen) atoms. The topological polar surface area (TPSA) is 25.2 Å². The highest BCUT2D eigenvalue weighted by molar-refractivity contribution is 6.31. The molecule has 1 heterocycles. The first-order valence-corrected chi connectivity index (χ1v) is 8.26. The van der Waals surface area contributed by atoms with Crippen molar-refractivity contribution in [3.05, 3.63) is 82.0 Å². The third-order valence-corrected chi connectivity index (χ3v) is 4.06. The quantitative estimate of drug-likeness (QED) is 0.589. The minimum absolute atomic E-state index is 0.703. The molecule has 4 heteroatoms. The summed E-state index contributed by atoms with van der Waals surface area (Å²) >= 11 is 11.9. The molecule has 0 saturated heterocycles. The minimum Gasteiger partial charge on any atom is -0.460 e. The van der Waals surface area contributed by atoms with Crippen LogP contribution in [0, 0.1) is 0 Å². The molecule has 0 unspecified atom stereocenters. The zero-order valence-electron chi connectivity index (χ0n) is 12.6. The summed E-state index contributed by atoms with van der Waals surface area (Å²) in [6, 6.07) is 19.6. The number of benzene rings is 2. The SMILES string of the molecule is Clc1ccc(CCNCc2ccc(-c3cccc(Cl)c3)o2)cc1. The van der Waals surface area contributed by atoms with Crippen LogP contribution in [0.4, 0.5) is 0 Å². The van der Waals surface area contributed by atoms with E-state index in [1.54, 1.807) is 0 Å². The second-order valence-corrected chi connectivity index (χ2v) is 6.20. The molecule has 0 atom stereocenters. The molecule has 2 nitrogen and oxygen atoms in total. The normalized spacial score (nSPS) is 10.9. The Bertz CT molecular complexity index is 765. The van der Waals surface area contributed by atoms with Gasteiger partial charge in [0.05, 0.1) is 6.54 Å². The molecule has 0 radical (unpaired) electrons. The zero-order valence-corrected chi connectivity index (χ0v) is 14.1. The Morgan fingerprint density at radius 1 is 0.870 bits per heavy atom. The van der Waals surface area contributed by atoms with Gasteiger partial charge in [-0.3, -0.25) is 0 Å². The predicted octanol–water partition coefficient (Wildman–Crippen LogP) is 5.59. The van der Waals surface area contributed by atoms with Crippen LogP contribution in [0.15, 0.2) is 65.1 Å². The number of hydrogen-bond donors (Lipinski definition) is 1. The Morgan fingerprint density at radius 3 is 2.48 bits per heavy atom. The maximum absolute atomic E-state index is 6.01. The van der Waals surface area contributed by atoms with Gasteiger partial charge < -0.3 is 9.73 Å². The summed E-state index contributed by atoms with van der Waals surface area (Å²) in [5.41, 5.74) is 2.26. The van der Waals surface area contributed by atoms with Gasteiger partial charge in [-0.15, -0.1) is 0 Å². The van der Waals surface area contributed by atoms with Crippen molar-refractivity contribution in [1.82, 2.24) is 5.32 Å². The van der Waals surface area contributed by atoms with E-state index in [-0.39, 0.29) is 0 Å². The Balaban J connectivity index is 1.50. The summed E-state index contributed by atoms with van der Waals surface area (Å²) in [5.74, 6) is 1.75. The van der Waals surface area contributed by atoms with Gasteiger partial charge in [0.15, 0.2) is 0 Å². The highest BCUT2D eigenvalue weighted by Crippen LogP contribution is 2.24. The number of furan rings is 1. The Hall–Kier alpha value is -1.74.